The van der Waals surface area contributed by atoms with Crippen LogP contribution in [0.15, 0.2) is 42.9 Å². The molecule has 1 aliphatic rings. The van der Waals surface area contributed by atoms with Crippen molar-refractivity contribution in [2.45, 2.75) is 25.8 Å². The average molecular weight is 477 g/mol. The molecule has 0 radical (unpaired) electrons. The van der Waals surface area contributed by atoms with Gasteiger partial charge in [0.25, 0.3) is 0 Å². The Morgan fingerprint density at radius 3 is 2.94 bits per heavy atom. The summed E-state index contributed by atoms with van der Waals surface area (Å²) in [6.07, 6.45) is 5.95. The van der Waals surface area contributed by atoms with Gasteiger partial charge in [0.1, 0.15) is 11.6 Å². The van der Waals surface area contributed by atoms with Crippen molar-refractivity contribution in [3.63, 3.8) is 0 Å². The molecule has 0 unspecified atom stereocenters. The number of halogens is 1. The molecule has 0 aromatic carbocycles. The monoisotopic (exact) mass is 476 g/mol. The number of hydrogen-bond donors (Lipinski definition) is 1. The maximum atomic E-state index is 6.12. The predicted molar refractivity (Wildman–Crippen MR) is 125 cm³/mol. The summed E-state index contributed by atoms with van der Waals surface area (Å²) in [5.41, 5.74) is 3.22. The lowest BCUT2D eigenvalue weighted by Gasteiger charge is -2.12. The van der Waals surface area contributed by atoms with E-state index in [0.29, 0.717) is 35.6 Å². The molecular weight excluding hydrogens is 456 g/mol. The quantitative estimate of drug-likeness (QED) is 0.410. The number of anilines is 2. The third kappa shape index (κ3) is 3.73. The first-order valence-electron chi connectivity index (χ1n) is 10.8. The lowest BCUT2D eigenvalue weighted by atomic mass is 10.1. The van der Waals surface area contributed by atoms with Gasteiger partial charge in [0, 0.05) is 43.1 Å². The summed E-state index contributed by atoms with van der Waals surface area (Å²) in [4.78, 5) is 9.04. The maximum Gasteiger partial charge on any atom is 0.228 e. The van der Waals surface area contributed by atoms with Crippen molar-refractivity contribution >= 4 is 29.0 Å². The normalized spacial score (nSPS) is 15.3. The first kappa shape index (κ1) is 20.6. The number of aryl methyl sites for hydroxylation is 2. The van der Waals surface area contributed by atoms with Gasteiger partial charge in [0.2, 0.25) is 11.8 Å². The number of hydrogen-bond acceptors (Lipinski definition) is 8. The van der Waals surface area contributed by atoms with Crippen LogP contribution in [0.2, 0.25) is 5.02 Å². The van der Waals surface area contributed by atoms with Gasteiger partial charge in [-0.1, -0.05) is 11.6 Å². The first-order chi connectivity index (χ1) is 16.5. The molecule has 1 atom stereocenters. The van der Waals surface area contributed by atoms with Gasteiger partial charge in [-0.3, -0.25) is 9.36 Å². The van der Waals surface area contributed by atoms with E-state index in [0.717, 1.165) is 35.0 Å². The highest BCUT2D eigenvalue weighted by Crippen LogP contribution is 2.32. The smallest absolute Gasteiger partial charge is 0.228 e. The second kappa shape index (κ2) is 8.10. The molecule has 0 aliphatic carbocycles. The van der Waals surface area contributed by atoms with Crippen LogP contribution in [0.4, 0.5) is 11.8 Å². The van der Waals surface area contributed by atoms with Crippen LogP contribution in [0.25, 0.3) is 16.9 Å². The third-order valence-corrected chi connectivity index (χ3v) is 5.98. The van der Waals surface area contributed by atoms with E-state index in [-0.39, 0.29) is 5.92 Å². The lowest BCUT2D eigenvalue weighted by molar-refractivity contribution is 0.291. The van der Waals surface area contributed by atoms with Crippen molar-refractivity contribution < 1.29 is 4.74 Å². The van der Waals surface area contributed by atoms with Crippen molar-refractivity contribution in [3.05, 3.63) is 59.4 Å². The molecule has 6 heterocycles. The number of nitrogens with zero attached hydrogens (tertiary/aromatic N) is 9. The Balaban J connectivity index is 1.34. The largest absolute Gasteiger partial charge is 0.478 e. The summed E-state index contributed by atoms with van der Waals surface area (Å²) in [6.45, 7) is 3.14. The van der Waals surface area contributed by atoms with Crippen LogP contribution in [-0.4, -0.2) is 50.7 Å². The van der Waals surface area contributed by atoms with Gasteiger partial charge >= 0.3 is 0 Å². The number of pyridine rings is 1. The number of ether oxygens (including phenoxy) is 1. The van der Waals surface area contributed by atoms with Crippen LogP contribution in [0.5, 0.6) is 5.88 Å². The van der Waals surface area contributed by atoms with Gasteiger partial charge in [-0.2, -0.15) is 10.2 Å². The second-order valence-electron chi connectivity index (χ2n) is 8.23. The zero-order chi connectivity index (χ0) is 23.2. The summed E-state index contributed by atoms with van der Waals surface area (Å²) >= 11 is 6.03. The molecule has 6 rings (SSSR count). The Bertz CT molecular complexity index is 1500. The van der Waals surface area contributed by atoms with Crippen LogP contribution in [0.3, 0.4) is 0 Å². The van der Waals surface area contributed by atoms with Gasteiger partial charge in [-0.15, -0.1) is 10.2 Å². The lowest BCUT2D eigenvalue weighted by Crippen LogP contribution is -2.13. The molecule has 0 fully saturated rings. The van der Waals surface area contributed by atoms with Crippen LogP contribution in [0, 0.1) is 6.92 Å². The highest BCUT2D eigenvalue weighted by Gasteiger charge is 2.25. The summed E-state index contributed by atoms with van der Waals surface area (Å²) < 4.78 is 11.7. The minimum atomic E-state index is 0.0928. The van der Waals surface area contributed by atoms with Crippen LogP contribution in [0.1, 0.15) is 23.9 Å². The van der Waals surface area contributed by atoms with Gasteiger partial charge in [0.15, 0.2) is 5.65 Å². The summed E-state index contributed by atoms with van der Waals surface area (Å²) in [6, 6.07) is 7.72. The van der Waals surface area contributed by atoms with Gasteiger partial charge in [-0.25, -0.2) is 14.4 Å². The molecule has 11 nitrogen and oxygen atoms in total. The fourth-order valence-corrected chi connectivity index (χ4v) is 4.38. The fraction of sp³-hybridized carbons (Fsp3) is 0.273. The Labute approximate surface area is 199 Å². The summed E-state index contributed by atoms with van der Waals surface area (Å²) in [7, 11) is 1.87. The van der Waals surface area contributed by atoms with E-state index in [1.165, 1.54) is 0 Å². The maximum absolute atomic E-state index is 6.12. The third-order valence-electron chi connectivity index (χ3n) is 5.78. The van der Waals surface area contributed by atoms with Crippen molar-refractivity contribution in [1.29, 1.82) is 0 Å². The molecule has 5 aromatic heterocycles. The van der Waals surface area contributed by atoms with E-state index in [9.17, 15) is 0 Å². The fourth-order valence-electron chi connectivity index (χ4n) is 4.22. The zero-order valence-corrected chi connectivity index (χ0v) is 19.3. The molecular formula is C22H21ClN10O. The first-order valence-corrected chi connectivity index (χ1v) is 11.2. The Morgan fingerprint density at radius 2 is 2.15 bits per heavy atom. The molecule has 172 valence electrons. The molecule has 0 bridgehead atoms. The van der Waals surface area contributed by atoms with Crippen molar-refractivity contribution in [2.24, 2.45) is 7.05 Å². The number of rotatable bonds is 5. The Hall–Kier alpha value is -3.99. The summed E-state index contributed by atoms with van der Waals surface area (Å²) in [5, 5.41) is 21.4. The van der Waals surface area contributed by atoms with Crippen molar-refractivity contribution in [1.82, 2.24) is 44.1 Å². The van der Waals surface area contributed by atoms with Crippen LogP contribution >= 0.6 is 11.6 Å². The van der Waals surface area contributed by atoms with Gasteiger partial charge < -0.3 is 10.1 Å². The van der Waals surface area contributed by atoms with E-state index in [4.69, 9.17) is 21.3 Å². The standard InChI is InChI=1S/C22H21ClN10O/c1-13-7-18(31(2)30-13)27-22-24-5-3-17(26-22)15-8-19-28-29-21-14(11-32-12-16(23)10-25-32)4-6-34-20(9-15)33(19)21/h3,5,7-10,12,14H,4,6,11H2,1-2H3,(H,24,26,27)/t14-/m1/s1. The van der Waals surface area contributed by atoms with Crippen LogP contribution in [-0.2, 0) is 13.6 Å². The molecule has 1 aliphatic heterocycles. The van der Waals surface area contributed by atoms with E-state index >= 15 is 0 Å². The highest BCUT2D eigenvalue weighted by molar-refractivity contribution is 6.30. The van der Waals surface area contributed by atoms with E-state index in [1.54, 1.807) is 17.1 Å². The zero-order valence-electron chi connectivity index (χ0n) is 18.6. The van der Waals surface area contributed by atoms with E-state index in [2.05, 4.69) is 30.7 Å². The molecule has 0 spiro atoms. The van der Waals surface area contributed by atoms with Crippen molar-refractivity contribution in [2.75, 3.05) is 11.9 Å². The SMILES string of the molecule is Cc1cc(Nc2nccc(-c3cc4n5c(nnc5c3)[C@@H](Cn3cc(Cl)cn3)CCO4)n2)n(C)n1. The topological polar surface area (TPSA) is 113 Å². The molecule has 5 aromatic rings. The number of nitrogens with one attached hydrogen (secondary N) is 1. The molecule has 34 heavy (non-hydrogen) atoms. The predicted octanol–water partition coefficient (Wildman–Crippen LogP) is 3.39. The molecule has 0 saturated heterocycles. The number of aromatic nitrogens is 9. The van der Waals surface area contributed by atoms with Gasteiger partial charge in [0.05, 0.1) is 35.8 Å². The Morgan fingerprint density at radius 1 is 1.24 bits per heavy atom. The molecule has 0 saturated carbocycles. The van der Waals surface area contributed by atoms with Crippen LogP contribution < -0.4 is 10.1 Å². The molecule has 0 amide bonds. The minimum Gasteiger partial charge on any atom is -0.478 e. The van der Waals surface area contributed by atoms with Crippen molar-refractivity contribution in [3.8, 4) is 17.1 Å². The highest BCUT2D eigenvalue weighted by atomic mass is 35.5. The van der Waals surface area contributed by atoms with Gasteiger partial charge in [-0.05, 0) is 25.5 Å². The average Bonchev–Trinajstić information content (AvgIpc) is 3.48. The van der Waals surface area contributed by atoms with E-state index in [1.807, 2.05) is 53.5 Å². The molecule has 12 heteroatoms. The second-order valence-corrected chi connectivity index (χ2v) is 8.67. The minimum absolute atomic E-state index is 0.0928. The van der Waals surface area contributed by atoms with E-state index < -0.39 is 0 Å². The molecule has 1 N–H and O–H groups in total. The Kier molecular flexibility index (Phi) is 4.91. The summed E-state index contributed by atoms with van der Waals surface area (Å²) in [5.74, 6) is 2.91.